The number of carbonyl (C=O) groups is 2. The SMILES string of the molecule is CCCOc1ccccc1C(=O)Nc1ccccc1C(=O)Cc1cccc(S(=O)(=O)C(F)(F)F)c1. The Hall–Kier alpha value is -3.66. The first-order valence-electron chi connectivity index (χ1n) is 10.6. The largest absolute Gasteiger partial charge is 0.501 e. The fraction of sp³-hybridized carbons (Fsp3) is 0.200. The molecule has 0 saturated carbocycles. The summed E-state index contributed by atoms with van der Waals surface area (Å²) in [5, 5.41) is 2.68. The predicted molar refractivity (Wildman–Crippen MR) is 124 cm³/mol. The summed E-state index contributed by atoms with van der Waals surface area (Å²) in [4.78, 5) is 24.9. The molecule has 0 atom stereocenters. The van der Waals surface area contributed by atoms with E-state index in [1.807, 2.05) is 6.92 Å². The number of ether oxygens (including phenoxy) is 1. The Morgan fingerprint density at radius 3 is 2.26 bits per heavy atom. The molecule has 0 fully saturated rings. The summed E-state index contributed by atoms with van der Waals surface area (Å²) in [5.41, 5.74) is -4.78. The Bertz CT molecular complexity index is 1340. The highest BCUT2D eigenvalue weighted by molar-refractivity contribution is 7.92. The van der Waals surface area contributed by atoms with Gasteiger partial charge in [-0.25, -0.2) is 8.42 Å². The number of carbonyl (C=O) groups excluding carboxylic acids is 2. The molecule has 0 saturated heterocycles. The van der Waals surface area contributed by atoms with Gasteiger partial charge < -0.3 is 10.1 Å². The van der Waals surface area contributed by atoms with Crippen LogP contribution in [0, 0.1) is 0 Å². The van der Waals surface area contributed by atoms with Crippen molar-refractivity contribution in [1.29, 1.82) is 0 Å². The summed E-state index contributed by atoms with van der Waals surface area (Å²) in [6.45, 7) is 2.35. The number of Topliss-reactive ketones (excluding diaryl/α,β-unsaturated/α-hetero) is 1. The number of hydrogen-bond acceptors (Lipinski definition) is 5. The van der Waals surface area contributed by atoms with Crippen molar-refractivity contribution in [2.75, 3.05) is 11.9 Å². The van der Waals surface area contributed by atoms with Gasteiger partial charge >= 0.3 is 5.51 Å². The zero-order valence-electron chi connectivity index (χ0n) is 18.6. The van der Waals surface area contributed by atoms with Gasteiger partial charge in [0.2, 0.25) is 0 Å². The predicted octanol–water partition coefficient (Wildman–Crippen LogP) is 5.45. The van der Waals surface area contributed by atoms with E-state index < -0.39 is 31.9 Å². The van der Waals surface area contributed by atoms with Gasteiger partial charge in [0, 0.05) is 12.0 Å². The maximum absolute atomic E-state index is 13.0. The number of alkyl halides is 3. The zero-order valence-corrected chi connectivity index (χ0v) is 19.4. The number of amides is 1. The van der Waals surface area contributed by atoms with Gasteiger partial charge in [-0.1, -0.05) is 43.3 Å². The van der Waals surface area contributed by atoms with E-state index in [0.717, 1.165) is 24.6 Å². The topological polar surface area (TPSA) is 89.5 Å². The number of halogens is 3. The van der Waals surface area contributed by atoms with E-state index in [4.69, 9.17) is 4.74 Å². The van der Waals surface area contributed by atoms with E-state index >= 15 is 0 Å². The lowest BCUT2D eigenvalue weighted by molar-refractivity contribution is -0.0436. The summed E-state index contributed by atoms with van der Waals surface area (Å²) in [6.07, 6.45) is 0.378. The van der Waals surface area contributed by atoms with Gasteiger partial charge in [-0.3, -0.25) is 9.59 Å². The third-order valence-electron chi connectivity index (χ3n) is 4.95. The molecule has 0 aliphatic carbocycles. The second kappa shape index (κ2) is 10.7. The highest BCUT2D eigenvalue weighted by atomic mass is 32.2. The molecule has 1 N–H and O–H groups in total. The van der Waals surface area contributed by atoms with Gasteiger partial charge in [-0.05, 0) is 48.4 Å². The van der Waals surface area contributed by atoms with Crippen LogP contribution in [0.5, 0.6) is 5.75 Å². The first kappa shape index (κ1) is 26.0. The minimum Gasteiger partial charge on any atom is -0.493 e. The molecule has 0 aliphatic rings. The van der Waals surface area contributed by atoms with Crippen LogP contribution in [-0.2, 0) is 16.3 Å². The summed E-state index contributed by atoms with van der Waals surface area (Å²) in [5.74, 6) is -0.633. The lowest BCUT2D eigenvalue weighted by Gasteiger charge is -2.13. The maximum atomic E-state index is 13.0. The molecule has 10 heteroatoms. The van der Waals surface area contributed by atoms with Crippen LogP contribution in [0.1, 0.15) is 39.6 Å². The van der Waals surface area contributed by atoms with Crippen molar-refractivity contribution in [3.63, 3.8) is 0 Å². The third-order valence-corrected chi connectivity index (χ3v) is 6.43. The molecule has 1 amide bonds. The van der Waals surface area contributed by atoms with Gasteiger partial charge in [-0.2, -0.15) is 13.2 Å². The molecule has 0 heterocycles. The van der Waals surface area contributed by atoms with Gasteiger partial charge in [0.05, 0.1) is 22.8 Å². The fourth-order valence-electron chi connectivity index (χ4n) is 3.25. The highest BCUT2D eigenvalue weighted by Gasteiger charge is 2.46. The van der Waals surface area contributed by atoms with Crippen LogP contribution in [0.4, 0.5) is 18.9 Å². The van der Waals surface area contributed by atoms with Crippen LogP contribution in [-0.4, -0.2) is 32.2 Å². The molecule has 6 nitrogen and oxygen atoms in total. The molecule has 0 unspecified atom stereocenters. The van der Waals surface area contributed by atoms with Crippen molar-refractivity contribution in [2.45, 2.75) is 30.2 Å². The first-order valence-corrected chi connectivity index (χ1v) is 12.1. The summed E-state index contributed by atoms with van der Waals surface area (Å²) < 4.78 is 67.7. The number of ketones is 1. The molecule has 0 bridgehead atoms. The van der Waals surface area contributed by atoms with Crippen molar-refractivity contribution in [1.82, 2.24) is 0 Å². The number of anilines is 1. The van der Waals surface area contributed by atoms with Crippen LogP contribution in [0.15, 0.2) is 77.7 Å². The van der Waals surface area contributed by atoms with Crippen LogP contribution >= 0.6 is 0 Å². The molecule has 0 aliphatic heterocycles. The molecular weight excluding hydrogens is 483 g/mol. The molecule has 35 heavy (non-hydrogen) atoms. The number of para-hydroxylation sites is 2. The molecule has 0 radical (unpaired) electrons. The van der Waals surface area contributed by atoms with Crippen LogP contribution in [0.2, 0.25) is 0 Å². The van der Waals surface area contributed by atoms with Gasteiger partial charge in [-0.15, -0.1) is 0 Å². The molecule has 3 aromatic rings. The minimum atomic E-state index is -5.55. The number of rotatable bonds is 9. The van der Waals surface area contributed by atoms with Gasteiger partial charge in [0.25, 0.3) is 15.7 Å². The van der Waals surface area contributed by atoms with Gasteiger partial charge in [0.15, 0.2) is 5.78 Å². The van der Waals surface area contributed by atoms with Crippen molar-refractivity contribution in [3.8, 4) is 5.75 Å². The van der Waals surface area contributed by atoms with Gasteiger partial charge in [0.1, 0.15) is 5.75 Å². The average Bonchev–Trinajstić information content (AvgIpc) is 2.82. The second-order valence-electron chi connectivity index (χ2n) is 7.54. The van der Waals surface area contributed by atoms with Crippen molar-refractivity contribution in [2.24, 2.45) is 0 Å². The number of hydrogen-bond donors (Lipinski definition) is 1. The molecule has 0 spiro atoms. The minimum absolute atomic E-state index is 0.0831. The van der Waals surface area contributed by atoms with E-state index in [1.165, 1.54) is 18.2 Å². The van der Waals surface area contributed by atoms with Crippen LogP contribution < -0.4 is 10.1 Å². The second-order valence-corrected chi connectivity index (χ2v) is 9.48. The van der Waals surface area contributed by atoms with E-state index in [-0.39, 0.29) is 28.8 Å². The Morgan fingerprint density at radius 1 is 0.914 bits per heavy atom. The Morgan fingerprint density at radius 2 is 1.57 bits per heavy atom. The zero-order chi connectivity index (χ0) is 25.6. The Balaban J connectivity index is 1.84. The molecule has 3 rings (SSSR count). The lowest BCUT2D eigenvalue weighted by atomic mass is 10.0. The van der Waals surface area contributed by atoms with Crippen molar-refractivity contribution in [3.05, 3.63) is 89.5 Å². The summed E-state index contributed by atoms with van der Waals surface area (Å²) >= 11 is 0. The summed E-state index contributed by atoms with van der Waals surface area (Å²) in [7, 11) is -5.55. The fourth-order valence-corrected chi connectivity index (χ4v) is 4.09. The van der Waals surface area contributed by atoms with E-state index in [9.17, 15) is 31.2 Å². The molecule has 184 valence electrons. The highest BCUT2D eigenvalue weighted by Crippen LogP contribution is 2.31. The van der Waals surface area contributed by atoms with Crippen LogP contribution in [0.25, 0.3) is 0 Å². The number of benzene rings is 3. The van der Waals surface area contributed by atoms with E-state index in [0.29, 0.717) is 12.4 Å². The monoisotopic (exact) mass is 505 g/mol. The quantitative estimate of drug-likeness (QED) is 0.391. The smallest absolute Gasteiger partial charge is 0.493 e. The number of sulfone groups is 1. The molecule has 3 aromatic carbocycles. The molecular formula is C25H22F3NO5S. The van der Waals surface area contributed by atoms with E-state index in [1.54, 1.807) is 36.4 Å². The maximum Gasteiger partial charge on any atom is 0.501 e. The number of nitrogens with one attached hydrogen (secondary N) is 1. The standard InChI is InChI=1S/C25H22F3NO5S/c1-2-14-34-23-13-6-4-11-20(23)24(31)29-21-12-5-3-10-19(21)22(30)16-17-8-7-9-18(15-17)35(32,33)25(26,27)28/h3-13,15H,2,14,16H2,1H3,(H,29,31). The van der Waals surface area contributed by atoms with E-state index in [2.05, 4.69) is 5.32 Å². The first-order chi connectivity index (χ1) is 16.5. The summed E-state index contributed by atoms with van der Waals surface area (Å²) in [6, 6.07) is 17.0. The third kappa shape index (κ3) is 6.07. The normalized spacial score (nSPS) is 11.7. The Kier molecular flexibility index (Phi) is 7.96. The van der Waals surface area contributed by atoms with Crippen molar-refractivity contribution >= 4 is 27.2 Å². The lowest BCUT2D eigenvalue weighted by Crippen LogP contribution is -2.23. The van der Waals surface area contributed by atoms with Crippen molar-refractivity contribution < 1.29 is 35.9 Å². The van der Waals surface area contributed by atoms with Crippen LogP contribution in [0.3, 0.4) is 0 Å². The molecule has 0 aromatic heterocycles. The Labute approximate surface area is 200 Å². The average molecular weight is 506 g/mol.